The Labute approximate surface area is 105 Å². The minimum absolute atomic E-state index is 0.0806. The van der Waals surface area contributed by atoms with Crippen molar-refractivity contribution in [3.63, 3.8) is 0 Å². The number of ketones is 1. The Bertz CT molecular complexity index is 711. The molecule has 3 aromatic rings. The maximum Gasteiger partial charge on any atom is 0.159 e. The third-order valence-corrected chi connectivity index (χ3v) is 3.00. The Morgan fingerprint density at radius 2 is 1.89 bits per heavy atom. The predicted molar refractivity (Wildman–Crippen MR) is 71.1 cm³/mol. The van der Waals surface area contributed by atoms with Gasteiger partial charge in [-0.2, -0.15) is 0 Å². The number of Topliss-reactive ketones (excluding diaryl/α,β-unsaturated/α-hetero) is 1. The Kier molecular flexibility index (Phi) is 2.45. The zero-order valence-corrected chi connectivity index (χ0v) is 10.00. The fourth-order valence-electron chi connectivity index (χ4n) is 2.03. The summed E-state index contributed by atoms with van der Waals surface area (Å²) in [6, 6.07) is 13.5. The van der Waals surface area contributed by atoms with Crippen LogP contribution in [-0.2, 0) is 0 Å². The first kappa shape index (κ1) is 10.7. The van der Waals surface area contributed by atoms with Crippen molar-refractivity contribution >= 4 is 16.8 Å². The normalized spacial score (nSPS) is 10.7. The minimum Gasteiger partial charge on any atom is -0.301 e. The van der Waals surface area contributed by atoms with Crippen molar-refractivity contribution in [1.82, 2.24) is 9.55 Å². The average Bonchev–Trinajstić information content (AvgIpc) is 2.82. The third kappa shape index (κ3) is 1.70. The molecule has 2 aromatic heterocycles. The van der Waals surface area contributed by atoms with E-state index in [1.165, 1.54) is 0 Å². The van der Waals surface area contributed by atoms with E-state index < -0.39 is 0 Å². The van der Waals surface area contributed by atoms with Crippen LogP contribution in [0, 0.1) is 0 Å². The van der Waals surface area contributed by atoms with E-state index in [-0.39, 0.29) is 5.78 Å². The summed E-state index contributed by atoms with van der Waals surface area (Å²) in [4.78, 5) is 15.6. The molecule has 0 aliphatic heterocycles. The lowest BCUT2D eigenvalue weighted by Gasteiger charge is -2.05. The number of pyridine rings is 1. The van der Waals surface area contributed by atoms with Crippen LogP contribution < -0.4 is 0 Å². The van der Waals surface area contributed by atoms with E-state index in [1.807, 2.05) is 53.2 Å². The van der Waals surface area contributed by atoms with Crippen molar-refractivity contribution in [2.24, 2.45) is 0 Å². The van der Waals surface area contributed by atoms with Crippen molar-refractivity contribution in [3.8, 4) is 5.69 Å². The summed E-state index contributed by atoms with van der Waals surface area (Å²) in [5.74, 6) is 0.0806. The van der Waals surface area contributed by atoms with Crippen molar-refractivity contribution in [1.29, 1.82) is 0 Å². The van der Waals surface area contributed by atoms with E-state index in [2.05, 4.69) is 4.98 Å². The summed E-state index contributed by atoms with van der Waals surface area (Å²) in [6.45, 7) is 1.57. The maximum atomic E-state index is 11.2. The van der Waals surface area contributed by atoms with Gasteiger partial charge in [0.05, 0.1) is 0 Å². The van der Waals surface area contributed by atoms with Crippen LogP contribution in [0.15, 0.2) is 54.9 Å². The molecular formula is C15H12N2O. The van der Waals surface area contributed by atoms with Gasteiger partial charge in [-0.25, -0.2) is 4.98 Å². The number of hydrogen-bond donors (Lipinski definition) is 0. The summed E-state index contributed by atoms with van der Waals surface area (Å²) >= 11 is 0. The number of carbonyl (C=O) groups is 1. The molecule has 0 aliphatic carbocycles. The summed E-state index contributed by atoms with van der Waals surface area (Å²) in [6.07, 6.45) is 3.77. The highest BCUT2D eigenvalue weighted by Crippen LogP contribution is 2.18. The maximum absolute atomic E-state index is 11.2. The van der Waals surface area contributed by atoms with Crippen LogP contribution in [0.1, 0.15) is 17.3 Å². The van der Waals surface area contributed by atoms with E-state index in [4.69, 9.17) is 0 Å². The van der Waals surface area contributed by atoms with Gasteiger partial charge in [0.2, 0.25) is 0 Å². The molecule has 0 bridgehead atoms. The number of fused-ring (bicyclic) bond motifs is 1. The predicted octanol–water partition coefficient (Wildman–Crippen LogP) is 3.23. The Morgan fingerprint density at radius 3 is 2.61 bits per heavy atom. The zero-order valence-electron chi connectivity index (χ0n) is 10.00. The van der Waals surface area contributed by atoms with E-state index in [9.17, 15) is 4.79 Å². The molecule has 18 heavy (non-hydrogen) atoms. The summed E-state index contributed by atoms with van der Waals surface area (Å²) in [7, 11) is 0. The molecule has 0 saturated carbocycles. The Morgan fingerprint density at radius 1 is 1.11 bits per heavy atom. The lowest BCUT2D eigenvalue weighted by Crippen LogP contribution is -1.96. The van der Waals surface area contributed by atoms with Crippen LogP contribution in [-0.4, -0.2) is 15.3 Å². The monoisotopic (exact) mass is 236 g/mol. The molecule has 3 nitrogen and oxygen atoms in total. The molecule has 0 atom stereocenters. The fraction of sp³-hybridized carbons (Fsp3) is 0.0667. The minimum atomic E-state index is 0.0806. The van der Waals surface area contributed by atoms with Gasteiger partial charge in [-0.05, 0) is 49.4 Å². The van der Waals surface area contributed by atoms with Gasteiger partial charge >= 0.3 is 0 Å². The molecule has 0 spiro atoms. The third-order valence-electron chi connectivity index (χ3n) is 3.00. The van der Waals surface area contributed by atoms with Crippen molar-refractivity contribution < 1.29 is 4.79 Å². The van der Waals surface area contributed by atoms with Gasteiger partial charge in [0.15, 0.2) is 5.78 Å². The fourth-order valence-corrected chi connectivity index (χ4v) is 2.03. The number of benzene rings is 1. The second kappa shape index (κ2) is 4.11. The molecular weight excluding hydrogens is 224 g/mol. The van der Waals surface area contributed by atoms with E-state index >= 15 is 0 Å². The average molecular weight is 236 g/mol. The smallest absolute Gasteiger partial charge is 0.159 e. The molecule has 0 N–H and O–H groups in total. The molecule has 0 fully saturated rings. The number of nitrogens with zero attached hydrogens (tertiary/aromatic N) is 2. The van der Waals surface area contributed by atoms with E-state index in [0.717, 1.165) is 22.3 Å². The lowest BCUT2D eigenvalue weighted by molar-refractivity contribution is 0.101. The molecule has 0 radical (unpaired) electrons. The van der Waals surface area contributed by atoms with Crippen LogP contribution in [0.5, 0.6) is 0 Å². The van der Waals surface area contributed by atoms with Gasteiger partial charge in [0, 0.05) is 29.0 Å². The highest BCUT2D eigenvalue weighted by atomic mass is 16.1. The van der Waals surface area contributed by atoms with Crippen LogP contribution in [0.2, 0.25) is 0 Å². The zero-order chi connectivity index (χ0) is 12.5. The lowest BCUT2D eigenvalue weighted by atomic mass is 10.1. The molecule has 3 heteroatoms. The number of aromatic nitrogens is 2. The topological polar surface area (TPSA) is 34.9 Å². The summed E-state index contributed by atoms with van der Waals surface area (Å²) in [5, 5.41) is 1.10. The van der Waals surface area contributed by atoms with Gasteiger partial charge in [0.25, 0.3) is 0 Å². The van der Waals surface area contributed by atoms with Crippen LogP contribution in [0.25, 0.3) is 16.7 Å². The first-order chi connectivity index (χ1) is 8.75. The summed E-state index contributed by atoms with van der Waals surface area (Å²) < 4.78 is 2.01. The van der Waals surface area contributed by atoms with Crippen LogP contribution >= 0.6 is 0 Å². The second-order valence-corrected chi connectivity index (χ2v) is 4.21. The molecule has 1 aromatic carbocycles. The standard InChI is InChI=1S/C15H12N2O/c1-11(18)12-4-6-14(7-5-12)17-10-8-13-3-2-9-16-15(13)17/h2-10H,1H3. The van der Waals surface area contributed by atoms with Gasteiger partial charge in [-0.15, -0.1) is 0 Å². The largest absolute Gasteiger partial charge is 0.301 e. The van der Waals surface area contributed by atoms with Crippen LogP contribution in [0.4, 0.5) is 0 Å². The van der Waals surface area contributed by atoms with Crippen molar-refractivity contribution in [2.45, 2.75) is 6.92 Å². The van der Waals surface area contributed by atoms with Crippen molar-refractivity contribution in [3.05, 3.63) is 60.4 Å². The van der Waals surface area contributed by atoms with E-state index in [0.29, 0.717) is 0 Å². The quantitative estimate of drug-likeness (QED) is 0.640. The van der Waals surface area contributed by atoms with Gasteiger partial charge < -0.3 is 4.57 Å². The highest BCUT2D eigenvalue weighted by molar-refractivity contribution is 5.94. The first-order valence-corrected chi connectivity index (χ1v) is 5.79. The molecule has 0 amide bonds. The molecule has 0 unspecified atom stereocenters. The van der Waals surface area contributed by atoms with Crippen LogP contribution in [0.3, 0.4) is 0 Å². The molecule has 0 aliphatic rings. The first-order valence-electron chi connectivity index (χ1n) is 5.79. The molecule has 3 rings (SSSR count). The van der Waals surface area contributed by atoms with Gasteiger partial charge in [0.1, 0.15) is 5.65 Å². The number of hydrogen-bond acceptors (Lipinski definition) is 2. The van der Waals surface area contributed by atoms with Gasteiger partial charge in [-0.3, -0.25) is 4.79 Å². The Balaban J connectivity index is 2.12. The SMILES string of the molecule is CC(=O)c1ccc(-n2ccc3cccnc32)cc1. The number of rotatable bonds is 2. The summed E-state index contributed by atoms with van der Waals surface area (Å²) in [5.41, 5.74) is 2.66. The molecule has 2 heterocycles. The highest BCUT2D eigenvalue weighted by Gasteiger charge is 2.04. The van der Waals surface area contributed by atoms with Crippen molar-refractivity contribution in [2.75, 3.05) is 0 Å². The Hall–Kier alpha value is -2.42. The van der Waals surface area contributed by atoms with Gasteiger partial charge in [-0.1, -0.05) is 0 Å². The molecule has 0 saturated heterocycles. The number of carbonyl (C=O) groups excluding carboxylic acids is 1. The second-order valence-electron chi connectivity index (χ2n) is 4.21. The molecule has 88 valence electrons. The van der Waals surface area contributed by atoms with E-state index in [1.54, 1.807) is 13.1 Å².